The van der Waals surface area contributed by atoms with E-state index in [0.29, 0.717) is 12.1 Å². The largest absolute Gasteiger partial charge is 0.353 e. The van der Waals surface area contributed by atoms with Gasteiger partial charge in [0.05, 0.1) is 5.92 Å². The summed E-state index contributed by atoms with van der Waals surface area (Å²) in [5.74, 6) is 0.275. The van der Waals surface area contributed by atoms with Crippen LogP contribution < -0.4 is 11.1 Å². The molecule has 3 heteroatoms. The zero-order valence-electron chi connectivity index (χ0n) is 11.3. The first-order chi connectivity index (χ1) is 9.24. The molecule has 3 N–H and O–H groups in total. The molecule has 1 atom stereocenters. The Morgan fingerprint density at radius 2 is 1.84 bits per heavy atom. The molecule has 3 rings (SSSR count). The summed E-state index contributed by atoms with van der Waals surface area (Å²) in [6.45, 7) is 0. The van der Waals surface area contributed by atoms with Gasteiger partial charge in [0.25, 0.3) is 0 Å². The van der Waals surface area contributed by atoms with E-state index in [4.69, 9.17) is 5.73 Å². The Morgan fingerprint density at radius 3 is 2.63 bits per heavy atom. The van der Waals surface area contributed by atoms with Gasteiger partial charge in [-0.3, -0.25) is 4.79 Å². The highest BCUT2D eigenvalue weighted by Crippen LogP contribution is 2.33. The first kappa shape index (κ1) is 12.7. The molecule has 1 aromatic carbocycles. The molecule has 0 radical (unpaired) electrons. The second-order valence-corrected chi connectivity index (χ2v) is 5.91. The monoisotopic (exact) mass is 258 g/mol. The zero-order chi connectivity index (χ0) is 13.2. The van der Waals surface area contributed by atoms with E-state index in [-0.39, 0.29) is 11.8 Å². The fourth-order valence-corrected chi connectivity index (χ4v) is 3.39. The first-order valence-corrected chi connectivity index (χ1v) is 7.38. The number of hydrogen-bond donors (Lipinski definition) is 2. The summed E-state index contributed by atoms with van der Waals surface area (Å²) in [6, 6.07) is 9.00. The van der Waals surface area contributed by atoms with Gasteiger partial charge in [0.1, 0.15) is 0 Å². The van der Waals surface area contributed by atoms with Gasteiger partial charge >= 0.3 is 0 Å². The topological polar surface area (TPSA) is 55.1 Å². The Labute approximate surface area is 114 Å². The van der Waals surface area contributed by atoms with Crippen molar-refractivity contribution in [3.8, 4) is 0 Å². The second kappa shape index (κ2) is 5.33. The van der Waals surface area contributed by atoms with Crippen molar-refractivity contribution in [3.05, 3.63) is 35.4 Å². The van der Waals surface area contributed by atoms with Gasteiger partial charge in [-0.2, -0.15) is 0 Å². The maximum atomic E-state index is 12.4. The number of carbonyl (C=O) groups is 1. The van der Waals surface area contributed by atoms with Crippen LogP contribution in [0.15, 0.2) is 24.3 Å². The van der Waals surface area contributed by atoms with Gasteiger partial charge in [0.2, 0.25) is 5.91 Å². The van der Waals surface area contributed by atoms with Gasteiger partial charge in [-0.05, 0) is 49.7 Å². The Hall–Kier alpha value is -1.35. The fourth-order valence-electron chi connectivity index (χ4n) is 3.39. The van der Waals surface area contributed by atoms with Crippen LogP contribution in [-0.2, 0) is 11.2 Å². The van der Waals surface area contributed by atoms with Crippen LogP contribution in [0.3, 0.4) is 0 Å². The number of carbonyl (C=O) groups excluding carboxylic acids is 1. The molecule has 2 aliphatic rings. The minimum absolute atomic E-state index is 0.0619. The molecule has 0 spiro atoms. The number of aryl methyl sites for hydroxylation is 1. The van der Waals surface area contributed by atoms with Gasteiger partial charge in [-0.25, -0.2) is 0 Å². The quantitative estimate of drug-likeness (QED) is 0.853. The standard InChI is InChI=1S/C16H22N2O/c17-12-6-8-13(9-7-12)18-16(19)15-10-5-11-3-1-2-4-14(11)15/h1-4,12-13,15H,5-10,17H2,(H,18,19)/t12?,13?,15-/m0/s1. The van der Waals surface area contributed by atoms with Crippen LogP contribution in [0.1, 0.15) is 49.1 Å². The lowest BCUT2D eigenvalue weighted by molar-refractivity contribution is -0.123. The third kappa shape index (κ3) is 2.66. The third-order valence-corrected chi connectivity index (χ3v) is 4.57. The zero-order valence-corrected chi connectivity index (χ0v) is 11.3. The highest BCUT2D eigenvalue weighted by molar-refractivity contribution is 5.85. The van der Waals surface area contributed by atoms with Crippen molar-refractivity contribution in [2.75, 3.05) is 0 Å². The molecule has 19 heavy (non-hydrogen) atoms. The van der Waals surface area contributed by atoms with Gasteiger partial charge in [0.15, 0.2) is 0 Å². The summed E-state index contributed by atoms with van der Waals surface area (Å²) in [7, 11) is 0. The van der Waals surface area contributed by atoms with E-state index in [1.165, 1.54) is 11.1 Å². The third-order valence-electron chi connectivity index (χ3n) is 4.57. The molecule has 0 bridgehead atoms. The summed E-state index contributed by atoms with van der Waals surface area (Å²) < 4.78 is 0. The summed E-state index contributed by atoms with van der Waals surface area (Å²) in [4.78, 5) is 12.4. The van der Waals surface area contributed by atoms with Crippen molar-refractivity contribution in [2.45, 2.75) is 56.5 Å². The van der Waals surface area contributed by atoms with Crippen molar-refractivity contribution < 1.29 is 4.79 Å². The Balaban J connectivity index is 1.63. The molecular weight excluding hydrogens is 236 g/mol. The Kier molecular flexibility index (Phi) is 3.56. The Morgan fingerprint density at radius 1 is 1.11 bits per heavy atom. The molecule has 102 valence electrons. The van der Waals surface area contributed by atoms with E-state index >= 15 is 0 Å². The lowest BCUT2D eigenvalue weighted by atomic mass is 9.91. The predicted octanol–water partition coefficient (Wildman–Crippen LogP) is 2.10. The lowest BCUT2D eigenvalue weighted by Gasteiger charge is -2.28. The summed E-state index contributed by atoms with van der Waals surface area (Å²) >= 11 is 0. The highest BCUT2D eigenvalue weighted by Gasteiger charge is 2.30. The van der Waals surface area contributed by atoms with Crippen LogP contribution in [0, 0.1) is 0 Å². The number of benzene rings is 1. The molecule has 0 aliphatic heterocycles. The molecule has 0 unspecified atom stereocenters. The average Bonchev–Trinajstić information content (AvgIpc) is 2.85. The summed E-state index contributed by atoms with van der Waals surface area (Å²) in [5.41, 5.74) is 8.47. The number of rotatable bonds is 2. The van der Waals surface area contributed by atoms with Crippen LogP contribution >= 0.6 is 0 Å². The number of nitrogens with two attached hydrogens (primary N) is 1. The number of amides is 1. The van der Waals surface area contributed by atoms with Crippen molar-refractivity contribution >= 4 is 5.91 Å². The van der Waals surface area contributed by atoms with Gasteiger partial charge in [0, 0.05) is 12.1 Å². The van der Waals surface area contributed by atoms with Crippen LogP contribution in [0.25, 0.3) is 0 Å². The van der Waals surface area contributed by atoms with E-state index in [1.54, 1.807) is 0 Å². The SMILES string of the molecule is NC1CCC(NC(=O)[C@H]2CCc3ccccc32)CC1. The molecule has 0 saturated heterocycles. The molecule has 0 heterocycles. The van der Waals surface area contributed by atoms with Crippen molar-refractivity contribution in [1.29, 1.82) is 0 Å². The lowest BCUT2D eigenvalue weighted by Crippen LogP contribution is -2.42. The number of fused-ring (bicyclic) bond motifs is 1. The minimum Gasteiger partial charge on any atom is -0.353 e. The van der Waals surface area contributed by atoms with E-state index < -0.39 is 0 Å². The van der Waals surface area contributed by atoms with Crippen molar-refractivity contribution in [3.63, 3.8) is 0 Å². The molecular formula is C16H22N2O. The number of hydrogen-bond acceptors (Lipinski definition) is 2. The fraction of sp³-hybridized carbons (Fsp3) is 0.562. The number of nitrogens with one attached hydrogen (secondary N) is 1. The van der Waals surface area contributed by atoms with E-state index in [1.807, 2.05) is 6.07 Å². The van der Waals surface area contributed by atoms with Crippen LogP contribution in [0.4, 0.5) is 0 Å². The van der Waals surface area contributed by atoms with Gasteiger partial charge < -0.3 is 11.1 Å². The summed E-state index contributed by atoms with van der Waals surface area (Å²) in [6.07, 6.45) is 6.11. The molecule has 0 aromatic heterocycles. The van der Waals surface area contributed by atoms with Crippen LogP contribution in [-0.4, -0.2) is 18.0 Å². The maximum Gasteiger partial charge on any atom is 0.227 e. The van der Waals surface area contributed by atoms with E-state index in [2.05, 4.69) is 23.5 Å². The highest BCUT2D eigenvalue weighted by atomic mass is 16.1. The van der Waals surface area contributed by atoms with Crippen molar-refractivity contribution in [2.24, 2.45) is 5.73 Å². The van der Waals surface area contributed by atoms with E-state index in [0.717, 1.165) is 38.5 Å². The minimum atomic E-state index is 0.0619. The average molecular weight is 258 g/mol. The maximum absolute atomic E-state index is 12.4. The van der Waals surface area contributed by atoms with E-state index in [9.17, 15) is 4.79 Å². The molecule has 2 aliphatic carbocycles. The normalized spacial score (nSPS) is 29.8. The molecule has 1 amide bonds. The first-order valence-electron chi connectivity index (χ1n) is 7.38. The van der Waals surface area contributed by atoms with Crippen LogP contribution in [0.5, 0.6) is 0 Å². The predicted molar refractivity (Wildman–Crippen MR) is 75.9 cm³/mol. The van der Waals surface area contributed by atoms with Crippen LogP contribution in [0.2, 0.25) is 0 Å². The van der Waals surface area contributed by atoms with Gasteiger partial charge in [-0.1, -0.05) is 24.3 Å². The molecule has 1 aromatic rings. The smallest absolute Gasteiger partial charge is 0.227 e. The van der Waals surface area contributed by atoms with Gasteiger partial charge in [-0.15, -0.1) is 0 Å². The Bertz CT molecular complexity index is 464. The molecule has 1 saturated carbocycles. The molecule has 3 nitrogen and oxygen atoms in total. The second-order valence-electron chi connectivity index (χ2n) is 5.91. The summed E-state index contributed by atoms with van der Waals surface area (Å²) in [5, 5.41) is 3.23. The molecule has 1 fully saturated rings. The van der Waals surface area contributed by atoms with Crippen molar-refractivity contribution in [1.82, 2.24) is 5.32 Å².